The van der Waals surface area contributed by atoms with Crippen molar-refractivity contribution in [2.45, 2.75) is 303 Å². The van der Waals surface area contributed by atoms with Crippen molar-refractivity contribution in [3.8, 4) is 0 Å². The molecular weight excluding hydrogens is 913 g/mol. The summed E-state index contributed by atoms with van der Waals surface area (Å²) in [5.74, 6) is -0.928. The number of rotatable bonds is 56. The van der Waals surface area contributed by atoms with Gasteiger partial charge < -0.3 is 14.2 Å². The third kappa shape index (κ3) is 59.2. The predicted molar refractivity (Wildman–Crippen MR) is 320 cm³/mol. The normalized spacial score (nSPS) is 12.7. The average Bonchev–Trinajstić information content (AvgIpc) is 3.40. The molecule has 0 aromatic heterocycles. The maximum atomic E-state index is 12.9. The molecule has 0 heterocycles. The lowest BCUT2D eigenvalue weighted by Crippen LogP contribution is -2.30. The van der Waals surface area contributed by atoms with E-state index in [-0.39, 0.29) is 31.1 Å². The molecule has 6 heteroatoms. The molecule has 74 heavy (non-hydrogen) atoms. The van der Waals surface area contributed by atoms with Crippen LogP contribution in [0.25, 0.3) is 0 Å². The fourth-order valence-corrected chi connectivity index (χ4v) is 8.61. The van der Waals surface area contributed by atoms with Gasteiger partial charge in [-0.3, -0.25) is 14.4 Å². The second-order valence-electron chi connectivity index (χ2n) is 20.6. The molecule has 0 radical (unpaired) electrons. The van der Waals surface area contributed by atoms with Crippen molar-refractivity contribution in [2.75, 3.05) is 13.2 Å². The summed E-state index contributed by atoms with van der Waals surface area (Å²) in [5, 5.41) is 0. The van der Waals surface area contributed by atoms with E-state index in [0.717, 1.165) is 109 Å². The summed E-state index contributed by atoms with van der Waals surface area (Å²) in [6.45, 7) is 6.48. The van der Waals surface area contributed by atoms with E-state index in [4.69, 9.17) is 14.2 Å². The second kappa shape index (κ2) is 61.9. The number of carbonyl (C=O) groups is 3. The standard InChI is InChI=1S/C68H116O6/c1-4-7-10-13-16-19-22-25-27-29-31-32-33-34-35-36-37-39-40-43-46-49-52-55-58-61-67(70)73-64-65(63-72-66(69)60-57-54-51-48-45-42-24-21-18-15-12-9-6-3)74-68(71)62-59-56-53-50-47-44-41-38-30-28-26-23-20-17-14-11-8-5-2/h9,12,18,20-23,25,28-31,33-34,42,45,65H,4-8,10-11,13-17,19,24,26-27,32,35-41,43-44,46-64H2,1-3H3/b12-9-,21-18-,23-20-,25-22-,30-28-,31-29-,34-33-,45-42-. The van der Waals surface area contributed by atoms with Crippen LogP contribution in [0.4, 0.5) is 0 Å². The highest BCUT2D eigenvalue weighted by Gasteiger charge is 2.19. The third-order valence-corrected chi connectivity index (χ3v) is 13.3. The van der Waals surface area contributed by atoms with Gasteiger partial charge in [0.25, 0.3) is 0 Å². The first-order chi connectivity index (χ1) is 36.5. The van der Waals surface area contributed by atoms with Gasteiger partial charge in [0.05, 0.1) is 0 Å². The number of ether oxygens (including phenoxy) is 3. The fourth-order valence-electron chi connectivity index (χ4n) is 8.61. The van der Waals surface area contributed by atoms with Crippen LogP contribution in [0.2, 0.25) is 0 Å². The van der Waals surface area contributed by atoms with Crippen LogP contribution in [0.1, 0.15) is 297 Å². The Kier molecular flexibility index (Phi) is 58.8. The highest BCUT2D eigenvalue weighted by molar-refractivity contribution is 5.71. The summed E-state index contributed by atoms with van der Waals surface area (Å²) in [6.07, 6.45) is 82.7. The molecule has 0 bridgehead atoms. The zero-order valence-corrected chi connectivity index (χ0v) is 48.6. The molecule has 424 valence electrons. The number of allylic oxidation sites excluding steroid dienone is 16. The van der Waals surface area contributed by atoms with Crippen LogP contribution in [0.15, 0.2) is 97.2 Å². The van der Waals surface area contributed by atoms with Crippen molar-refractivity contribution in [2.24, 2.45) is 0 Å². The van der Waals surface area contributed by atoms with Crippen molar-refractivity contribution in [1.29, 1.82) is 0 Å². The molecule has 6 nitrogen and oxygen atoms in total. The second-order valence-corrected chi connectivity index (χ2v) is 20.6. The number of unbranched alkanes of at least 4 members (excludes halogenated alkanes) is 29. The van der Waals surface area contributed by atoms with Crippen LogP contribution in [0.3, 0.4) is 0 Å². The minimum absolute atomic E-state index is 0.0924. The largest absolute Gasteiger partial charge is 0.462 e. The molecule has 1 unspecified atom stereocenters. The number of hydrogen-bond acceptors (Lipinski definition) is 6. The number of carbonyl (C=O) groups excluding carboxylic acids is 3. The number of hydrogen-bond donors (Lipinski definition) is 0. The van der Waals surface area contributed by atoms with E-state index in [1.807, 2.05) is 0 Å². The highest BCUT2D eigenvalue weighted by atomic mass is 16.6. The maximum absolute atomic E-state index is 12.9. The Morgan fingerprint density at radius 3 is 0.851 bits per heavy atom. The Labute approximate surface area is 457 Å². The van der Waals surface area contributed by atoms with Crippen LogP contribution < -0.4 is 0 Å². The van der Waals surface area contributed by atoms with E-state index < -0.39 is 6.10 Å². The quantitative estimate of drug-likeness (QED) is 0.0261. The van der Waals surface area contributed by atoms with Crippen LogP contribution >= 0.6 is 0 Å². The molecule has 1 atom stereocenters. The molecule has 0 aromatic carbocycles. The first-order valence-corrected chi connectivity index (χ1v) is 31.2. The van der Waals surface area contributed by atoms with Crippen molar-refractivity contribution in [3.05, 3.63) is 97.2 Å². The van der Waals surface area contributed by atoms with Crippen LogP contribution in [0, 0.1) is 0 Å². The van der Waals surface area contributed by atoms with Crippen molar-refractivity contribution in [3.63, 3.8) is 0 Å². The Morgan fingerprint density at radius 2 is 0.527 bits per heavy atom. The van der Waals surface area contributed by atoms with Gasteiger partial charge in [-0.15, -0.1) is 0 Å². The van der Waals surface area contributed by atoms with Gasteiger partial charge in [0.1, 0.15) is 13.2 Å². The lowest BCUT2D eigenvalue weighted by atomic mass is 10.1. The summed E-state index contributed by atoms with van der Waals surface area (Å²) >= 11 is 0. The van der Waals surface area contributed by atoms with Crippen LogP contribution in [-0.2, 0) is 28.6 Å². The molecule has 0 spiro atoms. The first kappa shape index (κ1) is 70.3. The lowest BCUT2D eigenvalue weighted by Gasteiger charge is -2.18. The molecule has 0 aromatic rings. The summed E-state index contributed by atoms with van der Waals surface area (Å²) in [7, 11) is 0. The lowest BCUT2D eigenvalue weighted by molar-refractivity contribution is -0.167. The van der Waals surface area contributed by atoms with Gasteiger partial charge in [0.2, 0.25) is 0 Å². The summed E-state index contributed by atoms with van der Waals surface area (Å²) < 4.78 is 16.9. The Hall–Kier alpha value is -3.67. The molecule has 0 aliphatic rings. The average molecular weight is 1030 g/mol. The molecule has 0 rings (SSSR count). The summed E-state index contributed by atoms with van der Waals surface area (Å²) in [4.78, 5) is 38.2. The van der Waals surface area contributed by atoms with Gasteiger partial charge in [-0.05, 0) is 122 Å². The summed E-state index contributed by atoms with van der Waals surface area (Å²) in [6, 6.07) is 0. The molecule has 0 fully saturated rings. The summed E-state index contributed by atoms with van der Waals surface area (Å²) in [5.41, 5.74) is 0. The number of esters is 3. The van der Waals surface area contributed by atoms with Gasteiger partial charge in [-0.2, -0.15) is 0 Å². The van der Waals surface area contributed by atoms with Gasteiger partial charge in [-0.1, -0.05) is 253 Å². The van der Waals surface area contributed by atoms with Crippen LogP contribution in [-0.4, -0.2) is 37.2 Å². The van der Waals surface area contributed by atoms with E-state index in [1.165, 1.54) is 148 Å². The van der Waals surface area contributed by atoms with Gasteiger partial charge >= 0.3 is 17.9 Å². The molecule has 0 N–H and O–H groups in total. The van der Waals surface area contributed by atoms with Gasteiger partial charge in [0, 0.05) is 19.3 Å². The molecule has 0 saturated heterocycles. The molecule has 0 amide bonds. The van der Waals surface area contributed by atoms with E-state index >= 15 is 0 Å². The SMILES string of the molecule is CC/C=C\C/C=C\C/C=C\CCCCCC(=O)OCC(COC(=O)CCCCCCCCCCCC/C=C\C/C=C\C/C=C\CCCCCCC)OC(=O)CCCCCCCCC/C=C\C/C=C\CCCCCC. The van der Waals surface area contributed by atoms with Crippen molar-refractivity contribution >= 4 is 17.9 Å². The highest BCUT2D eigenvalue weighted by Crippen LogP contribution is 2.15. The van der Waals surface area contributed by atoms with Crippen molar-refractivity contribution in [1.82, 2.24) is 0 Å². The van der Waals surface area contributed by atoms with E-state index in [1.54, 1.807) is 0 Å². The smallest absolute Gasteiger partial charge is 0.306 e. The van der Waals surface area contributed by atoms with E-state index in [2.05, 4.69) is 118 Å². The molecular formula is C68H116O6. The zero-order valence-electron chi connectivity index (χ0n) is 48.6. The van der Waals surface area contributed by atoms with Gasteiger partial charge in [0.15, 0.2) is 6.10 Å². The third-order valence-electron chi connectivity index (χ3n) is 13.3. The van der Waals surface area contributed by atoms with Crippen molar-refractivity contribution < 1.29 is 28.6 Å². The predicted octanol–water partition coefficient (Wildman–Crippen LogP) is 21.3. The Morgan fingerprint density at radius 1 is 0.284 bits per heavy atom. The molecule has 0 saturated carbocycles. The first-order valence-electron chi connectivity index (χ1n) is 31.2. The zero-order chi connectivity index (χ0) is 53.6. The topological polar surface area (TPSA) is 78.9 Å². The Bertz CT molecular complexity index is 1460. The maximum Gasteiger partial charge on any atom is 0.306 e. The van der Waals surface area contributed by atoms with E-state index in [9.17, 15) is 14.4 Å². The fraction of sp³-hybridized carbons (Fsp3) is 0.721. The minimum atomic E-state index is -0.797. The molecule has 0 aliphatic carbocycles. The Balaban J connectivity index is 4.35. The molecule has 0 aliphatic heterocycles. The minimum Gasteiger partial charge on any atom is -0.462 e. The van der Waals surface area contributed by atoms with Crippen LogP contribution in [0.5, 0.6) is 0 Å². The monoisotopic (exact) mass is 1030 g/mol. The van der Waals surface area contributed by atoms with E-state index in [0.29, 0.717) is 19.3 Å². The van der Waals surface area contributed by atoms with Gasteiger partial charge in [-0.25, -0.2) is 0 Å².